The number of allylic oxidation sites excluding steroid dienone is 4. The molecule has 0 aliphatic heterocycles. The van der Waals surface area contributed by atoms with Crippen molar-refractivity contribution in [2.24, 2.45) is 0 Å². The summed E-state index contributed by atoms with van der Waals surface area (Å²) >= 11 is 0. The number of ketones is 1. The van der Waals surface area contributed by atoms with E-state index < -0.39 is 0 Å². The Bertz CT molecular complexity index is 118. The zero-order valence-electron chi connectivity index (χ0n) is 6.63. The summed E-state index contributed by atoms with van der Waals surface area (Å²) in [6.07, 6.45) is 6.43. The molecule has 56 valence electrons. The molecule has 0 N–H and O–H groups in total. The monoisotopic (exact) mass is 138 g/mol. The van der Waals surface area contributed by atoms with Crippen molar-refractivity contribution in [2.75, 3.05) is 0 Å². The van der Waals surface area contributed by atoms with Gasteiger partial charge < -0.3 is 0 Å². The molecule has 1 heteroatoms. The van der Waals surface area contributed by atoms with Crippen LogP contribution in [0, 0.1) is 0 Å². The normalized spacial score (nSPS) is 7.80. The summed E-state index contributed by atoms with van der Waals surface area (Å²) in [5.74, 6) is -0.130. The Balaban J connectivity index is 0. The lowest BCUT2D eigenvalue weighted by molar-refractivity contribution is -0.110. The van der Waals surface area contributed by atoms with Gasteiger partial charge in [0, 0.05) is 0 Å². The maximum atomic E-state index is 9.94. The SMILES string of the molecule is C=CC(=O)C=C.CC=CC. The van der Waals surface area contributed by atoms with Crippen LogP contribution in [0.25, 0.3) is 0 Å². The van der Waals surface area contributed by atoms with Gasteiger partial charge in [-0.3, -0.25) is 4.79 Å². The van der Waals surface area contributed by atoms with Crippen molar-refractivity contribution < 1.29 is 4.79 Å². The van der Waals surface area contributed by atoms with Crippen molar-refractivity contribution in [2.45, 2.75) is 13.8 Å². The number of hydrogen-bond donors (Lipinski definition) is 0. The first-order chi connectivity index (χ1) is 4.72. The molecule has 0 saturated heterocycles. The fraction of sp³-hybridized carbons (Fsp3) is 0.222. The molecular formula is C9H14O. The average molecular weight is 138 g/mol. The lowest BCUT2D eigenvalue weighted by Gasteiger charge is -1.68. The molecule has 0 spiro atoms. The third-order valence-corrected chi connectivity index (χ3v) is 0.736. The number of rotatable bonds is 2. The van der Waals surface area contributed by atoms with Gasteiger partial charge in [0.25, 0.3) is 0 Å². The smallest absolute Gasteiger partial charge is 0.177 e. The second-order valence-corrected chi connectivity index (χ2v) is 1.48. The van der Waals surface area contributed by atoms with Crippen LogP contribution in [-0.2, 0) is 4.79 Å². The van der Waals surface area contributed by atoms with E-state index in [0.717, 1.165) is 0 Å². The van der Waals surface area contributed by atoms with Crippen molar-refractivity contribution in [3.05, 3.63) is 37.5 Å². The summed E-state index contributed by atoms with van der Waals surface area (Å²) in [7, 11) is 0. The zero-order chi connectivity index (χ0) is 8.41. The quantitative estimate of drug-likeness (QED) is 0.423. The van der Waals surface area contributed by atoms with Crippen molar-refractivity contribution in [1.82, 2.24) is 0 Å². The molecule has 0 heterocycles. The number of carbonyl (C=O) groups is 1. The summed E-state index contributed by atoms with van der Waals surface area (Å²) in [4.78, 5) is 9.94. The lowest BCUT2D eigenvalue weighted by atomic mass is 10.4. The molecule has 0 rings (SSSR count). The van der Waals surface area contributed by atoms with E-state index in [1.54, 1.807) is 0 Å². The Morgan fingerprint density at radius 1 is 1.10 bits per heavy atom. The molecule has 0 amide bonds. The molecule has 0 bridgehead atoms. The molecule has 10 heavy (non-hydrogen) atoms. The van der Waals surface area contributed by atoms with Crippen LogP contribution < -0.4 is 0 Å². The molecule has 0 aromatic carbocycles. The van der Waals surface area contributed by atoms with Gasteiger partial charge in [0.15, 0.2) is 5.78 Å². The van der Waals surface area contributed by atoms with Crippen molar-refractivity contribution in [3.63, 3.8) is 0 Å². The van der Waals surface area contributed by atoms with Crippen molar-refractivity contribution >= 4 is 5.78 Å². The maximum Gasteiger partial charge on any atom is 0.177 e. The van der Waals surface area contributed by atoms with Gasteiger partial charge in [0.2, 0.25) is 0 Å². The highest BCUT2D eigenvalue weighted by atomic mass is 16.1. The molecule has 0 aliphatic carbocycles. The predicted molar refractivity (Wildman–Crippen MR) is 45.9 cm³/mol. The average Bonchev–Trinajstić information content (AvgIpc) is 2.03. The summed E-state index contributed by atoms with van der Waals surface area (Å²) in [6.45, 7) is 10.4. The van der Waals surface area contributed by atoms with Crippen LogP contribution in [0.3, 0.4) is 0 Å². The zero-order valence-corrected chi connectivity index (χ0v) is 6.63. The Hall–Kier alpha value is -1.11. The van der Waals surface area contributed by atoms with Crippen molar-refractivity contribution in [3.8, 4) is 0 Å². The third-order valence-electron chi connectivity index (χ3n) is 0.736. The van der Waals surface area contributed by atoms with Gasteiger partial charge in [-0.05, 0) is 26.0 Å². The molecular weight excluding hydrogens is 124 g/mol. The predicted octanol–water partition coefficient (Wildman–Crippen LogP) is 2.51. The lowest BCUT2D eigenvalue weighted by Crippen LogP contribution is -1.78. The second-order valence-electron chi connectivity index (χ2n) is 1.48. The Kier molecular flexibility index (Phi) is 12.6. The van der Waals surface area contributed by atoms with Gasteiger partial charge in [-0.1, -0.05) is 25.3 Å². The molecule has 0 atom stereocenters. The summed E-state index contributed by atoms with van der Waals surface area (Å²) < 4.78 is 0. The molecule has 0 saturated carbocycles. The topological polar surface area (TPSA) is 17.1 Å². The van der Waals surface area contributed by atoms with Gasteiger partial charge in [-0.15, -0.1) is 0 Å². The Labute approximate surface area is 62.8 Å². The van der Waals surface area contributed by atoms with E-state index in [9.17, 15) is 4.79 Å². The molecule has 0 unspecified atom stereocenters. The molecule has 0 radical (unpaired) electrons. The minimum Gasteiger partial charge on any atom is -0.290 e. The van der Waals surface area contributed by atoms with Crippen LogP contribution in [0.5, 0.6) is 0 Å². The van der Waals surface area contributed by atoms with Crippen LogP contribution >= 0.6 is 0 Å². The molecule has 0 aromatic rings. The minimum absolute atomic E-state index is 0.130. The highest BCUT2D eigenvalue weighted by molar-refractivity contribution is 5.98. The minimum atomic E-state index is -0.130. The van der Waals surface area contributed by atoms with E-state index in [1.807, 2.05) is 26.0 Å². The van der Waals surface area contributed by atoms with Crippen molar-refractivity contribution in [1.29, 1.82) is 0 Å². The van der Waals surface area contributed by atoms with Gasteiger partial charge in [-0.25, -0.2) is 0 Å². The van der Waals surface area contributed by atoms with Gasteiger partial charge >= 0.3 is 0 Å². The van der Waals surface area contributed by atoms with E-state index in [1.165, 1.54) is 12.2 Å². The Morgan fingerprint density at radius 2 is 1.40 bits per heavy atom. The van der Waals surface area contributed by atoms with Crippen LogP contribution in [0.15, 0.2) is 37.5 Å². The second kappa shape index (κ2) is 10.8. The maximum absolute atomic E-state index is 9.94. The number of hydrogen-bond acceptors (Lipinski definition) is 1. The first-order valence-electron chi connectivity index (χ1n) is 3.09. The van der Waals surface area contributed by atoms with Gasteiger partial charge in [0.1, 0.15) is 0 Å². The van der Waals surface area contributed by atoms with Crippen LogP contribution in [-0.4, -0.2) is 5.78 Å². The first kappa shape index (κ1) is 11.7. The van der Waals surface area contributed by atoms with E-state index in [4.69, 9.17) is 0 Å². The first-order valence-corrected chi connectivity index (χ1v) is 3.09. The summed E-state index contributed by atoms with van der Waals surface area (Å²) in [5.41, 5.74) is 0. The van der Waals surface area contributed by atoms with E-state index in [-0.39, 0.29) is 5.78 Å². The number of carbonyl (C=O) groups excluding carboxylic acids is 1. The Morgan fingerprint density at radius 3 is 1.40 bits per heavy atom. The third kappa shape index (κ3) is 15.8. The fourth-order valence-corrected chi connectivity index (χ4v) is 0.0833. The van der Waals surface area contributed by atoms with Gasteiger partial charge in [-0.2, -0.15) is 0 Å². The highest BCUT2D eigenvalue weighted by Gasteiger charge is 1.75. The molecule has 0 fully saturated rings. The molecule has 1 nitrogen and oxygen atoms in total. The highest BCUT2D eigenvalue weighted by Crippen LogP contribution is 1.68. The molecule has 0 aliphatic rings. The van der Waals surface area contributed by atoms with Crippen LogP contribution in [0.2, 0.25) is 0 Å². The van der Waals surface area contributed by atoms with E-state index >= 15 is 0 Å². The largest absolute Gasteiger partial charge is 0.290 e. The molecule has 0 aromatic heterocycles. The van der Waals surface area contributed by atoms with Crippen LogP contribution in [0.4, 0.5) is 0 Å². The van der Waals surface area contributed by atoms with Gasteiger partial charge in [0.05, 0.1) is 0 Å². The fourth-order valence-electron chi connectivity index (χ4n) is 0.0833. The van der Waals surface area contributed by atoms with E-state index in [2.05, 4.69) is 13.2 Å². The summed E-state index contributed by atoms with van der Waals surface area (Å²) in [5, 5.41) is 0. The van der Waals surface area contributed by atoms with E-state index in [0.29, 0.717) is 0 Å². The summed E-state index contributed by atoms with van der Waals surface area (Å²) in [6, 6.07) is 0. The standard InChI is InChI=1S/C5H6O.C4H8/c1-3-5(6)4-2;1-3-4-2/h3-4H,1-2H2;3-4H,1-2H3. The van der Waals surface area contributed by atoms with Crippen LogP contribution in [0.1, 0.15) is 13.8 Å².